The third-order valence-electron chi connectivity index (χ3n) is 4.38. The van der Waals surface area contributed by atoms with Gasteiger partial charge in [0.05, 0.1) is 16.6 Å². The van der Waals surface area contributed by atoms with Crippen molar-refractivity contribution in [2.45, 2.75) is 0 Å². The fraction of sp³-hybridized carbons (Fsp3) is 0. The first-order chi connectivity index (χ1) is 15.7. The van der Waals surface area contributed by atoms with Crippen LogP contribution in [0.3, 0.4) is 0 Å². The molecule has 3 aromatic rings. The first-order valence-electron chi connectivity index (χ1n) is 8.08. The molecule has 0 aliphatic rings. The van der Waals surface area contributed by atoms with E-state index in [0.29, 0.717) is 0 Å². The maximum absolute atomic E-state index is 14.7. The number of hydrogen-bond donors (Lipinski definition) is 0. The van der Waals surface area contributed by atoms with Gasteiger partial charge >= 0.3 is 0 Å². The molecule has 3 rings (SSSR count). The van der Waals surface area contributed by atoms with Crippen molar-refractivity contribution in [2.75, 3.05) is 0 Å². The van der Waals surface area contributed by atoms with Crippen LogP contribution in [-0.2, 0) is 0 Å². The Balaban J connectivity index is 2.68. The maximum Gasteiger partial charge on any atom is 0.175 e. The molecule has 0 atom stereocenters. The molecular formula is C19F12I3. The Labute approximate surface area is 222 Å². The number of rotatable bonds is 3. The molecule has 15 heteroatoms. The Kier molecular flexibility index (Phi) is 7.96. The summed E-state index contributed by atoms with van der Waals surface area (Å²) in [6.07, 6.45) is 0. The van der Waals surface area contributed by atoms with Gasteiger partial charge in [-0.3, -0.25) is 0 Å². The minimum atomic E-state index is -2.53. The lowest BCUT2D eigenvalue weighted by atomic mass is 9.82. The summed E-state index contributed by atoms with van der Waals surface area (Å²) in [7, 11) is 0. The van der Waals surface area contributed by atoms with Crippen molar-refractivity contribution in [2.24, 2.45) is 0 Å². The smallest absolute Gasteiger partial charge is 0.175 e. The van der Waals surface area contributed by atoms with Gasteiger partial charge in [0.1, 0.15) is 0 Å². The molecule has 0 saturated carbocycles. The standard InChI is InChI=1S/C19F12I3/c20-5-2(6(21)12(27)17(32)11(5)26)1(3-7(22)13(28)18(33)14(29)8(3)23)4-9(24)15(30)19(34)16(31)10(4)25. The van der Waals surface area contributed by atoms with Crippen LogP contribution >= 0.6 is 67.8 Å². The summed E-state index contributed by atoms with van der Waals surface area (Å²) in [5.41, 5.74) is -6.86. The van der Waals surface area contributed by atoms with Gasteiger partial charge < -0.3 is 0 Å². The van der Waals surface area contributed by atoms with E-state index >= 15 is 0 Å². The maximum atomic E-state index is 14.7. The summed E-state index contributed by atoms with van der Waals surface area (Å²) < 4.78 is 170. The van der Waals surface area contributed by atoms with Gasteiger partial charge in [0.15, 0.2) is 69.8 Å². The molecule has 1 radical (unpaired) electrons. The van der Waals surface area contributed by atoms with Gasteiger partial charge in [-0.1, -0.05) is 0 Å². The third-order valence-corrected chi connectivity index (χ3v) is 7.22. The predicted octanol–water partition coefficient (Wildman–Crippen LogP) is 8.19. The van der Waals surface area contributed by atoms with Crippen molar-refractivity contribution >= 4 is 67.8 Å². The summed E-state index contributed by atoms with van der Waals surface area (Å²) in [5, 5.41) is 0. The lowest BCUT2D eigenvalue weighted by molar-refractivity contribution is 0.415. The van der Waals surface area contributed by atoms with Gasteiger partial charge in [-0.15, -0.1) is 0 Å². The van der Waals surface area contributed by atoms with Gasteiger partial charge in [-0.05, 0) is 67.8 Å². The van der Waals surface area contributed by atoms with Crippen molar-refractivity contribution in [3.05, 3.63) is 103 Å². The van der Waals surface area contributed by atoms with E-state index in [1.165, 1.54) is 0 Å². The van der Waals surface area contributed by atoms with Crippen LogP contribution in [-0.4, -0.2) is 0 Å². The normalized spacial score (nSPS) is 11.6. The SMILES string of the molecule is Fc1c(F)c([C](c2c(F)c(F)c(I)c(F)c2F)c2c(F)c(F)c(I)c(F)c2F)c(F)c(F)c1I. The van der Waals surface area contributed by atoms with Crippen molar-refractivity contribution < 1.29 is 52.7 Å². The molecule has 0 nitrogen and oxygen atoms in total. The van der Waals surface area contributed by atoms with E-state index in [4.69, 9.17) is 0 Å². The second-order valence-corrected chi connectivity index (χ2v) is 9.45. The molecule has 34 heavy (non-hydrogen) atoms. The summed E-state index contributed by atoms with van der Waals surface area (Å²) in [6.45, 7) is 0. The molecule has 3 aromatic carbocycles. The molecular weight excluding hydrogens is 837 g/mol. The van der Waals surface area contributed by atoms with Crippen LogP contribution in [0.4, 0.5) is 52.7 Å². The molecule has 0 spiro atoms. The van der Waals surface area contributed by atoms with Crippen LogP contribution in [0.25, 0.3) is 0 Å². The molecule has 0 heterocycles. The zero-order valence-corrected chi connectivity index (χ0v) is 21.6. The molecule has 0 bridgehead atoms. The molecule has 0 unspecified atom stereocenters. The van der Waals surface area contributed by atoms with Gasteiger partial charge in [-0.25, -0.2) is 52.7 Å². The highest BCUT2D eigenvalue weighted by molar-refractivity contribution is 14.1. The highest BCUT2D eigenvalue weighted by Gasteiger charge is 2.42. The average Bonchev–Trinajstić information content (AvgIpc) is 2.81. The first-order valence-corrected chi connectivity index (χ1v) is 11.3. The zero-order chi connectivity index (χ0) is 26.0. The highest BCUT2D eigenvalue weighted by Crippen LogP contribution is 2.44. The molecule has 0 aliphatic carbocycles. The van der Waals surface area contributed by atoms with Crippen LogP contribution in [0.2, 0.25) is 0 Å². The van der Waals surface area contributed by atoms with Gasteiger partial charge in [0.25, 0.3) is 0 Å². The molecule has 181 valence electrons. The fourth-order valence-corrected chi connectivity index (χ4v) is 4.27. The molecule has 0 saturated heterocycles. The lowest BCUT2D eigenvalue weighted by Crippen LogP contribution is -2.22. The summed E-state index contributed by atoms with van der Waals surface area (Å²) in [5.74, 6) is -30.9. The molecule has 0 aromatic heterocycles. The van der Waals surface area contributed by atoms with E-state index in [1.807, 2.05) is 0 Å². The Morgan fingerprint density at radius 1 is 0.294 bits per heavy atom. The van der Waals surface area contributed by atoms with Gasteiger partial charge in [0, 0.05) is 16.7 Å². The minimum absolute atomic E-state index is 0.769. The highest BCUT2D eigenvalue weighted by atomic mass is 127. The van der Waals surface area contributed by atoms with Gasteiger partial charge in [0.2, 0.25) is 0 Å². The van der Waals surface area contributed by atoms with E-state index in [2.05, 4.69) is 0 Å². The number of hydrogen-bond acceptors (Lipinski definition) is 0. The van der Waals surface area contributed by atoms with E-state index in [9.17, 15) is 52.7 Å². The van der Waals surface area contributed by atoms with E-state index in [1.54, 1.807) is 0 Å². The second-order valence-electron chi connectivity index (χ2n) is 6.21. The zero-order valence-electron chi connectivity index (χ0n) is 15.2. The van der Waals surface area contributed by atoms with Gasteiger partial charge in [-0.2, -0.15) is 0 Å². The van der Waals surface area contributed by atoms with Crippen LogP contribution in [0, 0.1) is 86.4 Å². The van der Waals surface area contributed by atoms with Crippen LogP contribution in [0.15, 0.2) is 0 Å². The predicted molar refractivity (Wildman–Crippen MR) is 118 cm³/mol. The topological polar surface area (TPSA) is 0 Å². The molecule has 0 N–H and O–H groups in total. The van der Waals surface area contributed by atoms with Crippen molar-refractivity contribution in [3.63, 3.8) is 0 Å². The van der Waals surface area contributed by atoms with E-state index in [0.717, 1.165) is 67.8 Å². The first kappa shape index (κ1) is 27.6. The quantitative estimate of drug-likeness (QED) is 0.0822. The van der Waals surface area contributed by atoms with Crippen molar-refractivity contribution in [1.29, 1.82) is 0 Å². The molecule has 0 aliphatic heterocycles. The van der Waals surface area contributed by atoms with Crippen LogP contribution < -0.4 is 0 Å². The minimum Gasteiger partial charge on any atom is -0.203 e. The fourth-order valence-electron chi connectivity index (χ4n) is 2.85. The lowest BCUT2D eigenvalue weighted by Gasteiger charge is -2.23. The monoisotopic (exact) mass is 837 g/mol. The largest absolute Gasteiger partial charge is 0.203 e. The molecule has 0 amide bonds. The average molecular weight is 837 g/mol. The Hall–Kier alpha value is -0.990. The van der Waals surface area contributed by atoms with Crippen molar-refractivity contribution in [3.8, 4) is 0 Å². The Bertz CT molecular complexity index is 1120. The van der Waals surface area contributed by atoms with Crippen LogP contribution in [0.5, 0.6) is 0 Å². The Morgan fingerprint density at radius 2 is 0.441 bits per heavy atom. The van der Waals surface area contributed by atoms with E-state index in [-0.39, 0.29) is 0 Å². The summed E-state index contributed by atoms with van der Waals surface area (Å²) >= 11 is 2.31. The summed E-state index contributed by atoms with van der Waals surface area (Å²) in [6, 6.07) is 0. The third kappa shape index (κ3) is 4.05. The van der Waals surface area contributed by atoms with Crippen LogP contribution in [0.1, 0.15) is 16.7 Å². The Morgan fingerprint density at radius 3 is 0.588 bits per heavy atom. The number of halogens is 15. The number of benzene rings is 3. The second kappa shape index (κ2) is 9.81. The van der Waals surface area contributed by atoms with E-state index < -0.39 is 103 Å². The molecule has 0 fully saturated rings. The summed E-state index contributed by atoms with van der Waals surface area (Å²) in [4.78, 5) is 0. The van der Waals surface area contributed by atoms with Crippen molar-refractivity contribution in [1.82, 2.24) is 0 Å².